The van der Waals surface area contributed by atoms with E-state index in [-0.39, 0.29) is 6.10 Å². The maximum atomic E-state index is 5.58. The zero-order valence-corrected chi connectivity index (χ0v) is 11.8. The molecule has 3 heterocycles. The molecule has 1 aliphatic rings. The average Bonchev–Trinajstić information content (AvgIpc) is 2.77. The van der Waals surface area contributed by atoms with Gasteiger partial charge in [0.1, 0.15) is 10.6 Å². The van der Waals surface area contributed by atoms with Crippen molar-refractivity contribution in [3.05, 3.63) is 10.9 Å². The minimum Gasteiger partial charge on any atom is -0.375 e. The molecule has 1 fully saturated rings. The van der Waals surface area contributed by atoms with E-state index >= 15 is 0 Å². The predicted octanol–water partition coefficient (Wildman–Crippen LogP) is 1.51. The number of anilines is 2. The van der Waals surface area contributed by atoms with E-state index in [0.29, 0.717) is 5.95 Å². The predicted molar refractivity (Wildman–Crippen MR) is 77.6 cm³/mol. The molecule has 1 atom stereocenters. The number of hydrazine groups is 1. The van der Waals surface area contributed by atoms with Crippen molar-refractivity contribution >= 4 is 33.3 Å². The van der Waals surface area contributed by atoms with Crippen LogP contribution in [0, 0.1) is 6.92 Å². The van der Waals surface area contributed by atoms with Crippen LogP contribution in [0.3, 0.4) is 0 Å². The number of nitrogen functional groups attached to an aromatic ring is 1. The molecule has 6 nitrogen and oxygen atoms in total. The van der Waals surface area contributed by atoms with Crippen LogP contribution in [-0.4, -0.2) is 35.8 Å². The van der Waals surface area contributed by atoms with Gasteiger partial charge in [-0.1, -0.05) is 0 Å². The summed E-state index contributed by atoms with van der Waals surface area (Å²) in [6, 6.07) is 2.13. The van der Waals surface area contributed by atoms with Gasteiger partial charge in [0.2, 0.25) is 5.95 Å². The number of morpholine rings is 1. The number of ether oxygens (including phenoxy) is 1. The molecule has 0 aliphatic carbocycles. The fourth-order valence-corrected chi connectivity index (χ4v) is 3.22. The molecule has 1 saturated heterocycles. The Kier molecular flexibility index (Phi) is 3.26. The fraction of sp³-hybridized carbons (Fsp3) is 0.500. The standard InChI is InChI=1S/C12H17N5OS/c1-7-6-17(3-4-18-7)10-9-5-8(2)19-11(9)15-12(14-10)16-13/h5,7H,3-4,6,13H2,1-2H3,(H,14,15,16). The quantitative estimate of drug-likeness (QED) is 0.641. The summed E-state index contributed by atoms with van der Waals surface area (Å²) in [5, 5.41) is 1.09. The molecule has 2 aromatic rings. The van der Waals surface area contributed by atoms with Crippen LogP contribution in [0.5, 0.6) is 0 Å². The number of hydrogen-bond donors (Lipinski definition) is 2. The van der Waals surface area contributed by atoms with Gasteiger partial charge in [-0.25, -0.2) is 10.8 Å². The number of nitrogens with one attached hydrogen (secondary N) is 1. The number of fused-ring (bicyclic) bond motifs is 1. The summed E-state index contributed by atoms with van der Waals surface area (Å²) in [5.41, 5.74) is 2.55. The first-order valence-electron chi connectivity index (χ1n) is 6.28. The molecule has 0 spiro atoms. The average molecular weight is 279 g/mol. The number of aryl methyl sites for hydroxylation is 1. The topological polar surface area (TPSA) is 76.3 Å². The largest absolute Gasteiger partial charge is 0.375 e. The number of nitrogens with zero attached hydrogens (tertiary/aromatic N) is 3. The van der Waals surface area contributed by atoms with Crippen molar-refractivity contribution in [2.75, 3.05) is 30.0 Å². The minimum absolute atomic E-state index is 0.216. The van der Waals surface area contributed by atoms with Gasteiger partial charge in [0.15, 0.2) is 0 Å². The molecular formula is C12H17N5OS. The van der Waals surface area contributed by atoms with Crippen LogP contribution in [0.25, 0.3) is 10.2 Å². The van der Waals surface area contributed by atoms with Crippen LogP contribution >= 0.6 is 11.3 Å². The molecule has 7 heteroatoms. The highest BCUT2D eigenvalue weighted by Gasteiger charge is 2.21. The third-order valence-corrected chi connectivity index (χ3v) is 4.11. The molecule has 19 heavy (non-hydrogen) atoms. The molecule has 0 amide bonds. The third kappa shape index (κ3) is 2.36. The fourth-order valence-electron chi connectivity index (χ4n) is 2.34. The zero-order chi connectivity index (χ0) is 13.4. The van der Waals surface area contributed by atoms with Gasteiger partial charge in [0, 0.05) is 18.0 Å². The molecule has 3 rings (SSSR count). The summed E-state index contributed by atoms with van der Waals surface area (Å²) in [6.45, 7) is 6.56. The van der Waals surface area contributed by atoms with E-state index in [2.05, 4.69) is 40.2 Å². The Hall–Kier alpha value is -1.44. The maximum Gasteiger partial charge on any atom is 0.240 e. The summed E-state index contributed by atoms with van der Waals surface area (Å²) in [5.74, 6) is 6.86. The van der Waals surface area contributed by atoms with Crippen molar-refractivity contribution in [1.29, 1.82) is 0 Å². The van der Waals surface area contributed by atoms with Crippen molar-refractivity contribution in [1.82, 2.24) is 9.97 Å². The Labute approximate surface area is 115 Å². The Morgan fingerprint density at radius 3 is 3.11 bits per heavy atom. The Balaban J connectivity index is 2.09. The van der Waals surface area contributed by atoms with Crippen LogP contribution in [-0.2, 0) is 4.74 Å². The lowest BCUT2D eigenvalue weighted by atomic mass is 10.2. The van der Waals surface area contributed by atoms with Crippen LogP contribution in [0.15, 0.2) is 6.07 Å². The van der Waals surface area contributed by atoms with Gasteiger partial charge in [0.25, 0.3) is 0 Å². The number of thiophene rings is 1. The number of nitrogens with two attached hydrogens (primary N) is 1. The Morgan fingerprint density at radius 2 is 2.37 bits per heavy atom. The van der Waals surface area contributed by atoms with E-state index in [1.807, 2.05) is 0 Å². The smallest absolute Gasteiger partial charge is 0.240 e. The molecule has 3 N–H and O–H groups in total. The van der Waals surface area contributed by atoms with Crippen molar-refractivity contribution in [3.63, 3.8) is 0 Å². The number of aromatic nitrogens is 2. The molecule has 1 aliphatic heterocycles. The first-order valence-corrected chi connectivity index (χ1v) is 7.10. The summed E-state index contributed by atoms with van der Waals surface area (Å²) in [7, 11) is 0. The van der Waals surface area contributed by atoms with Gasteiger partial charge < -0.3 is 9.64 Å². The van der Waals surface area contributed by atoms with Crippen molar-refractivity contribution in [2.45, 2.75) is 20.0 Å². The van der Waals surface area contributed by atoms with E-state index in [1.165, 1.54) is 4.88 Å². The van der Waals surface area contributed by atoms with Crippen molar-refractivity contribution < 1.29 is 4.74 Å². The van der Waals surface area contributed by atoms with Gasteiger partial charge in [-0.3, -0.25) is 5.43 Å². The number of rotatable bonds is 2. The van der Waals surface area contributed by atoms with Gasteiger partial charge in [-0.05, 0) is 19.9 Å². The van der Waals surface area contributed by atoms with Gasteiger partial charge in [-0.15, -0.1) is 11.3 Å². The Morgan fingerprint density at radius 1 is 1.53 bits per heavy atom. The summed E-state index contributed by atoms with van der Waals surface area (Å²) >= 11 is 1.66. The minimum atomic E-state index is 0.216. The van der Waals surface area contributed by atoms with Crippen LogP contribution in [0.4, 0.5) is 11.8 Å². The second-order valence-corrected chi connectivity index (χ2v) is 5.95. The second-order valence-electron chi connectivity index (χ2n) is 4.72. The molecular weight excluding hydrogens is 262 g/mol. The van der Waals surface area contributed by atoms with E-state index in [9.17, 15) is 0 Å². The normalized spacial score (nSPS) is 19.9. The summed E-state index contributed by atoms with van der Waals surface area (Å²) in [4.78, 5) is 13.4. The summed E-state index contributed by atoms with van der Waals surface area (Å²) < 4.78 is 5.58. The molecule has 1 unspecified atom stereocenters. The van der Waals surface area contributed by atoms with Crippen molar-refractivity contribution in [3.8, 4) is 0 Å². The van der Waals surface area contributed by atoms with Gasteiger partial charge >= 0.3 is 0 Å². The lowest BCUT2D eigenvalue weighted by molar-refractivity contribution is 0.0530. The molecule has 0 saturated carbocycles. The molecule has 2 aromatic heterocycles. The van der Waals surface area contributed by atoms with Crippen LogP contribution in [0.2, 0.25) is 0 Å². The molecule has 102 valence electrons. The molecule has 0 radical (unpaired) electrons. The van der Waals surface area contributed by atoms with Crippen molar-refractivity contribution in [2.24, 2.45) is 5.84 Å². The van der Waals surface area contributed by atoms with E-state index < -0.39 is 0 Å². The lowest BCUT2D eigenvalue weighted by Gasteiger charge is -2.32. The highest BCUT2D eigenvalue weighted by Crippen LogP contribution is 2.32. The van der Waals surface area contributed by atoms with Gasteiger partial charge in [0.05, 0.1) is 18.1 Å². The Bertz CT molecular complexity index is 599. The number of hydrogen-bond acceptors (Lipinski definition) is 7. The van der Waals surface area contributed by atoms with E-state index in [4.69, 9.17) is 10.6 Å². The highest BCUT2D eigenvalue weighted by molar-refractivity contribution is 7.18. The highest BCUT2D eigenvalue weighted by atomic mass is 32.1. The molecule has 0 aromatic carbocycles. The first kappa shape index (κ1) is 12.6. The van der Waals surface area contributed by atoms with E-state index in [0.717, 1.165) is 35.7 Å². The zero-order valence-electron chi connectivity index (χ0n) is 11.0. The van der Waals surface area contributed by atoms with Crippen LogP contribution in [0.1, 0.15) is 11.8 Å². The lowest BCUT2D eigenvalue weighted by Crippen LogP contribution is -2.41. The van der Waals surface area contributed by atoms with E-state index in [1.54, 1.807) is 11.3 Å². The maximum absolute atomic E-state index is 5.58. The van der Waals surface area contributed by atoms with Crippen LogP contribution < -0.4 is 16.2 Å². The monoisotopic (exact) mass is 279 g/mol. The molecule has 0 bridgehead atoms. The SMILES string of the molecule is Cc1cc2c(N3CCOC(C)C3)nc(NN)nc2s1. The first-order chi connectivity index (χ1) is 9.17. The summed E-state index contributed by atoms with van der Waals surface area (Å²) in [6.07, 6.45) is 0.216. The second kappa shape index (κ2) is 4.92. The third-order valence-electron chi connectivity index (χ3n) is 3.17. The van der Waals surface area contributed by atoms with Gasteiger partial charge in [-0.2, -0.15) is 4.98 Å².